The third-order valence-corrected chi connectivity index (χ3v) is 3.93. The molecule has 0 saturated carbocycles. The Morgan fingerprint density at radius 3 is 2.88 bits per heavy atom. The molecule has 0 spiro atoms. The largest absolute Gasteiger partial charge is 0.478 e. The molecule has 0 aromatic carbocycles. The second kappa shape index (κ2) is 6.06. The number of hydrogen-bond acceptors (Lipinski definition) is 7. The number of aliphatic carboxylic acids is 1. The number of rotatable bonds is 6. The highest BCUT2D eigenvalue weighted by molar-refractivity contribution is 8.76. The maximum absolute atomic E-state index is 10.7. The SMILES string of the molecule is NN[C@](O)(CSSc1ccccn1)C(=O)O. The van der Waals surface area contributed by atoms with Gasteiger partial charge in [-0.15, -0.1) is 0 Å². The third-order valence-electron chi connectivity index (χ3n) is 1.64. The fourth-order valence-electron chi connectivity index (χ4n) is 0.737. The molecular formula is C8H11N3O3S2. The van der Waals surface area contributed by atoms with Crippen molar-refractivity contribution in [3.05, 3.63) is 24.4 Å². The summed E-state index contributed by atoms with van der Waals surface area (Å²) < 4.78 is 0. The van der Waals surface area contributed by atoms with Crippen molar-refractivity contribution in [3.63, 3.8) is 0 Å². The lowest BCUT2D eigenvalue weighted by molar-refractivity contribution is -0.159. The van der Waals surface area contributed by atoms with Crippen LogP contribution in [0.15, 0.2) is 29.4 Å². The quantitative estimate of drug-likeness (QED) is 0.246. The first-order chi connectivity index (χ1) is 7.58. The van der Waals surface area contributed by atoms with E-state index in [4.69, 9.17) is 10.9 Å². The predicted molar refractivity (Wildman–Crippen MR) is 62.5 cm³/mol. The smallest absolute Gasteiger partial charge is 0.353 e. The van der Waals surface area contributed by atoms with Gasteiger partial charge in [0.15, 0.2) is 0 Å². The predicted octanol–water partition coefficient (Wildman–Crippen LogP) is 0.0584. The van der Waals surface area contributed by atoms with E-state index in [2.05, 4.69) is 4.98 Å². The lowest BCUT2D eigenvalue weighted by atomic mass is 10.3. The minimum absolute atomic E-state index is 0.0971. The molecule has 1 heterocycles. The molecule has 0 aliphatic rings. The first-order valence-corrected chi connectivity index (χ1v) is 6.54. The molecule has 16 heavy (non-hydrogen) atoms. The Kier molecular flexibility index (Phi) is 5.03. The lowest BCUT2D eigenvalue weighted by Gasteiger charge is -2.20. The number of nitrogens with one attached hydrogen (secondary N) is 1. The molecule has 0 bridgehead atoms. The van der Waals surface area contributed by atoms with Gasteiger partial charge in [0.05, 0.1) is 5.75 Å². The van der Waals surface area contributed by atoms with Gasteiger partial charge in [-0.1, -0.05) is 16.9 Å². The minimum Gasteiger partial charge on any atom is -0.478 e. The molecule has 1 aromatic rings. The topological polar surface area (TPSA) is 108 Å². The summed E-state index contributed by atoms with van der Waals surface area (Å²) in [5.74, 6) is 3.46. The van der Waals surface area contributed by atoms with Gasteiger partial charge in [-0.25, -0.2) is 15.2 Å². The lowest BCUT2D eigenvalue weighted by Crippen LogP contribution is -2.57. The van der Waals surface area contributed by atoms with Gasteiger partial charge in [-0.2, -0.15) is 0 Å². The van der Waals surface area contributed by atoms with Crippen molar-refractivity contribution in [3.8, 4) is 0 Å². The van der Waals surface area contributed by atoms with E-state index in [1.165, 1.54) is 10.8 Å². The van der Waals surface area contributed by atoms with Gasteiger partial charge in [0.2, 0.25) is 5.72 Å². The van der Waals surface area contributed by atoms with E-state index in [9.17, 15) is 9.90 Å². The van der Waals surface area contributed by atoms with Gasteiger partial charge in [-0.05, 0) is 22.9 Å². The number of aromatic nitrogens is 1. The molecule has 6 nitrogen and oxygen atoms in total. The summed E-state index contributed by atoms with van der Waals surface area (Å²) in [6.45, 7) is 0. The number of pyridine rings is 1. The molecule has 1 rings (SSSR count). The van der Waals surface area contributed by atoms with Crippen molar-refractivity contribution in [1.29, 1.82) is 0 Å². The van der Waals surface area contributed by atoms with Crippen molar-refractivity contribution in [1.82, 2.24) is 10.4 Å². The molecule has 0 radical (unpaired) electrons. The number of aliphatic hydroxyl groups is 1. The molecule has 5 N–H and O–H groups in total. The first-order valence-electron chi connectivity index (χ1n) is 4.22. The van der Waals surface area contributed by atoms with Crippen LogP contribution in [0.4, 0.5) is 0 Å². The Bertz CT molecular complexity index is 352. The minimum atomic E-state index is -2.12. The molecule has 0 amide bonds. The van der Waals surface area contributed by atoms with E-state index in [-0.39, 0.29) is 5.75 Å². The Labute approximate surface area is 100 Å². The summed E-state index contributed by atoms with van der Waals surface area (Å²) in [4.78, 5) is 14.7. The fourth-order valence-corrected chi connectivity index (χ4v) is 2.88. The zero-order chi connectivity index (χ0) is 12.0. The van der Waals surface area contributed by atoms with Crippen LogP contribution in [0.1, 0.15) is 0 Å². The Balaban J connectivity index is 2.43. The molecule has 0 aliphatic carbocycles. The van der Waals surface area contributed by atoms with Gasteiger partial charge in [-0.3, -0.25) is 5.84 Å². The summed E-state index contributed by atoms with van der Waals surface area (Å²) in [6, 6.07) is 5.39. The summed E-state index contributed by atoms with van der Waals surface area (Å²) in [6.07, 6.45) is 1.63. The van der Waals surface area contributed by atoms with Gasteiger partial charge in [0.1, 0.15) is 5.03 Å². The number of carbonyl (C=O) groups is 1. The van der Waals surface area contributed by atoms with E-state index in [1.54, 1.807) is 18.3 Å². The maximum Gasteiger partial charge on any atom is 0.353 e. The molecule has 8 heteroatoms. The highest BCUT2D eigenvalue weighted by atomic mass is 33.1. The van der Waals surface area contributed by atoms with Crippen LogP contribution >= 0.6 is 21.6 Å². The van der Waals surface area contributed by atoms with Crippen LogP contribution in [0.5, 0.6) is 0 Å². The first kappa shape index (κ1) is 13.3. The van der Waals surface area contributed by atoms with E-state index in [0.29, 0.717) is 0 Å². The Morgan fingerprint density at radius 1 is 1.62 bits per heavy atom. The molecule has 0 fully saturated rings. The average Bonchev–Trinajstić information content (AvgIpc) is 2.30. The number of nitrogens with two attached hydrogens (primary N) is 1. The van der Waals surface area contributed by atoms with Crippen molar-refractivity contribution in [2.75, 3.05) is 5.75 Å². The fraction of sp³-hybridized carbons (Fsp3) is 0.250. The van der Waals surface area contributed by atoms with Crippen LogP contribution in [0.2, 0.25) is 0 Å². The molecular weight excluding hydrogens is 250 g/mol. The summed E-state index contributed by atoms with van der Waals surface area (Å²) in [5.41, 5.74) is -0.253. The number of nitrogens with zero attached hydrogens (tertiary/aromatic N) is 1. The van der Waals surface area contributed by atoms with Crippen LogP contribution < -0.4 is 11.3 Å². The Morgan fingerprint density at radius 2 is 2.38 bits per heavy atom. The van der Waals surface area contributed by atoms with Crippen LogP contribution in [0, 0.1) is 0 Å². The van der Waals surface area contributed by atoms with Gasteiger partial charge >= 0.3 is 5.97 Å². The number of hydrazine groups is 1. The zero-order valence-electron chi connectivity index (χ0n) is 8.16. The molecule has 1 atom stereocenters. The molecule has 0 saturated heterocycles. The van der Waals surface area contributed by atoms with Crippen LogP contribution in [-0.2, 0) is 4.79 Å². The summed E-state index contributed by atoms with van der Waals surface area (Å²) >= 11 is 0. The summed E-state index contributed by atoms with van der Waals surface area (Å²) in [5, 5.41) is 18.9. The zero-order valence-corrected chi connectivity index (χ0v) is 9.79. The number of carboxylic acids is 1. The van der Waals surface area contributed by atoms with E-state index >= 15 is 0 Å². The van der Waals surface area contributed by atoms with Crippen LogP contribution in [0.25, 0.3) is 0 Å². The van der Waals surface area contributed by atoms with Crippen LogP contribution in [0.3, 0.4) is 0 Å². The maximum atomic E-state index is 10.7. The van der Waals surface area contributed by atoms with Gasteiger partial charge < -0.3 is 10.2 Å². The number of carboxylic acid groups (broad SMARTS) is 1. The van der Waals surface area contributed by atoms with Crippen molar-refractivity contribution in [2.45, 2.75) is 10.8 Å². The van der Waals surface area contributed by atoms with Gasteiger partial charge in [0, 0.05) is 6.20 Å². The molecule has 1 aromatic heterocycles. The molecule has 88 valence electrons. The van der Waals surface area contributed by atoms with E-state index < -0.39 is 11.7 Å². The van der Waals surface area contributed by atoms with E-state index in [1.807, 2.05) is 11.5 Å². The monoisotopic (exact) mass is 261 g/mol. The highest BCUT2D eigenvalue weighted by Crippen LogP contribution is 2.30. The number of hydrogen-bond donors (Lipinski definition) is 4. The normalized spacial score (nSPS) is 14.4. The molecule has 0 aliphatic heterocycles. The summed E-state index contributed by atoms with van der Waals surface area (Å²) in [7, 11) is 2.41. The third kappa shape index (κ3) is 3.65. The van der Waals surface area contributed by atoms with Crippen molar-refractivity contribution in [2.24, 2.45) is 5.84 Å². The Hall–Kier alpha value is -0.800. The van der Waals surface area contributed by atoms with Crippen molar-refractivity contribution >= 4 is 27.6 Å². The highest BCUT2D eigenvalue weighted by Gasteiger charge is 2.34. The van der Waals surface area contributed by atoms with E-state index in [0.717, 1.165) is 15.8 Å². The second-order valence-electron chi connectivity index (χ2n) is 2.82. The average molecular weight is 261 g/mol. The second-order valence-corrected chi connectivity index (χ2v) is 5.14. The standard InChI is InChI=1S/C8H11N3O3S2/c9-11-8(14,7(12)13)5-15-16-6-3-1-2-4-10-6/h1-4,11,14H,5,9H2,(H,12,13)/t8-/m0/s1. The molecule has 0 unspecified atom stereocenters. The van der Waals surface area contributed by atoms with Gasteiger partial charge in [0.25, 0.3) is 0 Å². The van der Waals surface area contributed by atoms with Crippen molar-refractivity contribution < 1.29 is 15.0 Å². The van der Waals surface area contributed by atoms with Crippen LogP contribution in [-0.4, -0.2) is 32.6 Å².